The Bertz CT molecular complexity index is 968. The van der Waals surface area contributed by atoms with Crippen LogP contribution in [-0.2, 0) is 16.0 Å². The van der Waals surface area contributed by atoms with Gasteiger partial charge < -0.3 is 19.1 Å². The van der Waals surface area contributed by atoms with Crippen LogP contribution in [0.4, 0.5) is 5.69 Å². The molecule has 1 amide bonds. The van der Waals surface area contributed by atoms with Gasteiger partial charge in [-0.2, -0.15) is 0 Å². The molecule has 0 aromatic heterocycles. The Labute approximate surface area is 169 Å². The molecule has 1 unspecified atom stereocenters. The van der Waals surface area contributed by atoms with E-state index in [0.29, 0.717) is 30.0 Å². The third-order valence-electron chi connectivity index (χ3n) is 4.92. The highest BCUT2D eigenvalue weighted by Crippen LogP contribution is 2.30. The number of carbonyl (C=O) groups excluding carboxylic acids is 3. The minimum atomic E-state index is -0.974. The second-order valence-electron chi connectivity index (χ2n) is 6.74. The van der Waals surface area contributed by atoms with E-state index in [9.17, 15) is 14.4 Å². The normalized spacial score (nSPS) is 13.4. The molecular formula is C22H23NO6. The van der Waals surface area contributed by atoms with Crippen molar-refractivity contribution in [3.63, 3.8) is 0 Å². The third-order valence-corrected chi connectivity index (χ3v) is 4.92. The van der Waals surface area contributed by atoms with Gasteiger partial charge in [0.05, 0.1) is 14.2 Å². The monoisotopic (exact) mass is 397 g/mol. The molecule has 0 bridgehead atoms. The zero-order valence-corrected chi connectivity index (χ0v) is 16.9. The van der Waals surface area contributed by atoms with Crippen molar-refractivity contribution in [3.8, 4) is 11.5 Å². The molecule has 1 aliphatic heterocycles. The van der Waals surface area contributed by atoms with E-state index in [4.69, 9.17) is 14.2 Å². The van der Waals surface area contributed by atoms with Gasteiger partial charge in [0.25, 0.3) is 0 Å². The van der Waals surface area contributed by atoms with Crippen molar-refractivity contribution in [3.05, 3.63) is 53.1 Å². The van der Waals surface area contributed by atoms with Crippen LogP contribution in [0, 0.1) is 0 Å². The van der Waals surface area contributed by atoms with Crippen molar-refractivity contribution >= 4 is 23.3 Å². The standard InChI is InChI=1S/C22H23NO6/c1-13(29-22(26)18-7-6-17(27-3)12-20(18)28-4)21(25)16-5-8-19-15(11-16)9-10-23(19)14(2)24/h5-8,11-13H,9-10H2,1-4H3. The average molecular weight is 397 g/mol. The number of ether oxygens (including phenoxy) is 3. The molecule has 1 heterocycles. The SMILES string of the molecule is COc1ccc(C(=O)OC(C)C(=O)c2ccc3c(c2)CCN3C(C)=O)c(OC)c1. The molecule has 0 radical (unpaired) electrons. The lowest BCUT2D eigenvalue weighted by atomic mass is 10.0. The molecule has 1 atom stereocenters. The summed E-state index contributed by atoms with van der Waals surface area (Å²) in [6.07, 6.45) is -0.287. The Balaban J connectivity index is 1.74. The zero-order chi connectivity index (χ0) is 21.1. The summed E-state index contributed by atoms with van der Waals surface area (Å²) in [5.74, 6) is -0.154. The van der Waals surface area contributed by atoms with Gasteiger partial charge in [0.2, 0.25) is 11.7 Å². The number of benzene rings is 2. The van der Waals surface area contributed by atoms with Gasteiger partial charge in [-0.05, 0) is 49.2 Å². The van der Waals surface area contributed by atoms with Gasteiger partial charge in [0.15, 0.2) is 6.10 Å². The average Bonchev–Trinajstić information content (AvgIpc) is 3.16. The molecule has 2 aromatic rings. The second kappa shape index (κ2) is 8.34. The Kier molecular flexibility index (Phi) is 5.87. The van der Waals surface area contributed by atoms with E-state index in [0.717, 1.165) is 11.3 Å². The minimum Gasteiger partial charge on any atom is -0.497 e. The summed E-state index contributed by atoms with van der Waals surface area (Å²) in [5.41, 5.74) is 2.40. The van der Waals surface area contributed by atoms with Crippen molar-refractivity contribution < 1.29 is 28.6 Å². The first kappa shape index (κ1) is 20.4. The Morgan fingerprint density at radius 1 is 1.03 bits per heavy atom. The van der Waals surface area contributed by atoms with Crippen LogP contribution in [0.2, 0.25) is 0 Å². The lowest BCUT2D eigenvalue weighted by Crippen LogP contribution is -2.26. The fourth-order valence-corrected chi connectivity index (χ4v) is 3.36. The van der Waals surface area contributed by atoms with Crippen molar-refractivity contribution in [2.45, 2.75) is 26.4 Å². The first-order valence-corrected chi connectivity index (χ1v) is 9.24. The molecule has 7 nitrogen and oxygen atoms in total. The van der Waals surface area contributed by atoms with Crippen LogP contribution in [0.15, 0.2) is 36.4 Å². The van der Waals surface area contributed by atoms with Gasteiger partial charge >= 0.3 is 5.97 Å². The molecule has 0 saturated carbocycles. The van der Waals surface area contributed by atoms with Gasteiger partial charge in [-0.3, -0.25) is 9.59 Å². The quantitative estimate of drug-likeness (QED) is 0.550. The number of Topliss-reactive ketones (excluding diaryl/α,β-unsaturated/α-hetero) is 1. The van der Waals surface area contributed by atoms with Crippen LogP contribution in [0.5, 0.6) is 11.5 Å². The Morgan fingerprint density at radius 2 is 1.79 bits per heavy atom. The highest BCUT2D eigenvalue weighted by molar-refractivity contribution is 6.03. The van der Waals surface area contributed by atoms with Crippen molar-refractivity contribution in [2.75, 3.05) is 25.7 Å². The van der Waals surface area contributed by atoms with E-state index in [1.165, 1.54) is 34.1 Å². The van der Waals surface area contributed by atoms with Gasteiger partial charge in [-0.1, -0.05) is 0 Å². The van der Waals surface area contributed by atoms with E-state index < -0.39 is 12.1 Å². The van der Waals surface area contributed by atoms with Crippen molar-refractivity contribution in [2.24, 2.45) is 0 Å². The van der Waals surface area contributed by atoms with Crippen LogP contribution in [0.25, 0.3) is 0 Å². The summed E-state index contributed by atoms with van der Waals surface area (Å²) in [7, 11) is 2.95. The number of rotatable bonds is 6. The van der Waals surface area contributed by atoms with Crippen LogP contribution in [-0.4, -0.2) is 44.5 Å². The fraction of sp³-hybridized carbons (Fsp3) is 0.318. The molecule has 2 aromatic carbocycles. The summed E-state index contributed by atoms with van der Waals surface area (Å²) in [6, 6.07) is 9.90. The summed E-state index contributed by atoms with van der Waals surface area (Å²) in [5, 5.41) is 0. The molecule has 0 spiro atoms. The van der Waals surface area contributed by atoms with Gasteiger partial charge in [-0.15, -0.1) is 0 Å². The van der Waals surface area contributed by atoms with E-state index in [1.54, 1.807) is 35.2 Å². The predicted molar refractivity (Wildman–Crippen MR) is 107 cm³/mol. The zero-order valence-electron chi connectivity index (χ0n) is 16.9. The first-order chi connectivity index (χ1) is 13.8. The smallest absolute Gasteiger partial charge is 0.342 e. The molecular weight excluding hydrogens is 374 g/mol. The number of carbonyl (C=O) groups is 3. The second-order valence-corrected chi connectivity index (χ2v) is 6.74. The molecule has 0 aliphatic carbocycles. The molecule has 7 heteroatoms. The maximum Gasteiger partial charge on any atom is 0.342 e. The summed E-state index contributed by atoms with van der Waals surface area (Å²) < 4.78 is 15.7. The van der Waals surface area contributed by atoms with E-state index in [1.807, 2.05) is 0 Å². The summed E-state index contributed by atoms with van der Waals surface area (Å²) >= 11 is 0. The molecule has 0 saturated heterocycles. The van der Waals surface area contributed by atoms with E-state index >= 15 is 0 Å². The highest BCUT2D eigenvalue weighted by Gasteiger charge is 2.26. The summed E-state index contributed by atoms with van der Waals surface area (Å²) in [6.45, 7) is 3.65. The number of methoxy groups -OCH3 is 2. The van der Waals surface area contributed by atoms with E-state index in [-0.39, 0.29) is 17.3 Å². The highest BCUT2D eigenvalue weighted by atomic mass is 16.5. The fourth-order valence-electron chi connectivity index (χ4n) is 3.36. The van der Waals surface area contributed by atoms with Crippen molar-refractivity contribution in [1.82, 2.24) is 0 Å². The predicted octanol–water partition coefficient (Wildman–Crippen LogP) is 3.04. The van der Waals surface area contributed by atoms with Crippen LogP contribution < -0.4 is 14.4 Å². The largest absolute Gasteiger partial charge is 0.497 e. The van der Waals surface area contributed by atoms with Gasteiger partial charge in [0.1, 0.15) is 17.1 Å². The number of fused-ring (bicyclic) bond motifs is 1. The minimum absolute atomic E-state index is 0.0291. The Morgan fingerprint density at radius 3 is 2.45 bits per heavy atom. The molecule has 152 valence electrons. The van der Waals surface area contributed by atoms with E-state index in [2.05, 4.69) is 0 Å². The lowest BCUT2D eigenvalue weighted by Gasteiger charge is -2.16. The molecule has 1 aliphatic rings. The lowest BCUT2D eigenvalue weighted by molar-refractivity contribution is -0.116. The van der Waals surface area contributed by atoms with Crippen LogP contribution in [0.1, 0.15) is 40.1 Å². The van der Waals surface area contributed by atoms with Crippen LogP contribution in [0.3, 0.4) is 0 Å². The Hall–Kier alpha value is -3.35. The number of ketones is 1. The van der Waals surface area contributed by atoms with Crippen molar-refractivity contribution in [1.29, 1.82) is 0 Å². The third kappa shape index (κ3) is 4.08. The number of hydrogen-bond acceptors (Lipinski definition) is 6. The maximum absolute atomic E-state index is 12.8. The molecule has 0 fully saturated rings. The maximum atomic E-state index is 12.8. The molecule has 3 rings (SSSR count). The number of nitrogens with zero attached hydrogens (tertiary/aromatic N) is 1. The molecule has 29 heavy (non-hydrogen) atoms. The number of hydrogen-bond donors (Lipinski definition) is 0. The topological polar surface area (TPSA) is 82.1 Å². The molecule has 0 N–H and O–H groups in total. The number of esters is 1. The summed E-state index contributed by atoms with van der Waals surface area (Å²) in [4.78, 5) is 38.7. The number of anilines is 1. The number of amides is 1. The van der Waals surface area contributed by atoms with Gasteiger partial charge in [-0.25, -0.2) is 4.79 Å². The van der Waals surface area contributed by atoms with Crippen LogP contribution >= 0.6 is 0 Å². The first-order valence-electron chi connectivity index (χ1n) is 9.24. The van der Waals surface area contributed by atoms with Gasteiger partial charge in [0, 0.05) is 30.8 Å².